The van der Waals surface area contributed by atoms with Gasteiger partial charge in [-0.15, -0.1) is 24.8 Å². The molecule has 0 spiro atoms. The van der Waals surface area contributed by atoms with E-state index in [-0.39, 0.29) is 37.4 Å². The number of carbonyl (C=O) groups is 1. The van der Waals surface area contributed by atoms with Gasteiger partial charge in [-0.3, -0.25) is 4.79 Å². The van der Waals surface area contributed by atoms with E-state index in [1.165, 1.54) is 6.08 Å². The summed E-state index contributed by atoms with van der Waals surface area (Å²) in [6.45, 7) is 4.29. The number of halogens is 2. The van der Waals surface area contributed by atoms with Crippen LogP contribution >= 0.6 is 24.8 Å². The number of nitrogens with two attached hydrogens (primary N) is 2. The molecule has 0 aromatic rings. The molecule has 92 valence electrons. The van der Waals surface area contributed by atoms with Crippen molar-refractivity contribution < 1.29 is 9.53 Å². The molecule has 15 heavy (non-hydrogen) atoms. The van der Waals surface area contributed by atoms with Crippen molar-refractivity contribution in [1.29, 1.82) is 0 Å². The molecule has 0 amide bonds. The molecule has 0 aromatic carbocycles. The molecule has 0 aliphatic carbocycles. The fraction of sp³-hybridized carbons (Fsp3) is 0.667. The van der Waals surface area contributed by atoms with Gasteiger partial charge in [-0.2, -0.15) is 0 Å². The first-order valence-corrected chi connectivity index (χ1v) is 4.45. The summed E-state index contributed by atoms with van der Waals surface area (Å²) in [6.07, 6.45) is 3.90. The van der Waals surface area contributed by atoms with Crippen LogP contribution in [0.4, 0.5) is 0 Å². The largest absolute Gasteiger partial charge is 0.460 e. The van der Waals surface area contributed by atoms with E-state index in [9.17, 15) is 4.79 Å². The zero-order chi connectivity index (χ0) is 10.1. The van der Waals surface area contributed by atoms with Crippen LogP contribution < -0.4 is 11.5 Å². The van der Waals surface area contributed by atoms with E-state index in [0.717, 1.165) is 12.8 Å². The smallest absolute Gasteiger partial charge is 0.323 e. The molecule has 1 unspecified atom stereocenters. The molecule has 0 fully saturated rings. The standard InChI is InChI=1S/C9H18N2O2.2ClH/c1-2-7-13-9(12)8(11)5-3-4-6-10;;/h2,8H,1,3-7,10-11H2;2*1H. The SMILES string of the molecule is C=CCOC(=O)C(N)CCCCN.Cl.Cl. The second-order valence-electron chi connectivity index (χ2n) is 2.81. The summed E-state index contributed by atoms with van der Waals surface area (Å²) in [4.78, 5) is 11.1. The normalized spacial score (nSPS) is 10.5. The van der Waals surface area contributed by atoms with Gasteiger partial charge < -0.3 is 16.2 Å². The average Bonchev–Trinajstić information content (AvgIpc) is 2.14. The number of hydrogen-bond acceptors (Lipinski definition) is 4. The number of rotatable bonds is 7. The van der Waals surface area contributed by atoms with Crippen LogP contribution in [0.25, 0.3) is 0 Å². The van der Waals surface area contributed by atoms with Crippen molar-refractivity contribution in [3.8, 4) is 0 Å². The van der Waals surface area contributed by atoms with E-state index in [0.29, 0.717) is 13.0 Å². The third-order valence-corrected chi connectivity index (χ3v) is 1.62. The molecule has 0 rings (SSSR count). The number of unbranched alkanes of at least 4 members (excludes halogenated alkanes) is 1. The van der Waals surface area contributed by atoms with Crippen LogP contribution in [0.2, 0.25) is 0 Å². The lowest BCUT2D eigenvalue weighted by Crippen LogP contribution is -2.32. The van der Waals surface area contributed by atoms with Crippen molar-refractivity contribution in [2.45, 2.75) is 25.3 Å². The quantitative estimate of drug-likeness (QED) is 0.406. The van der Waals surface area contributed by atoms with Crippen LogP contribution in [-0.4, -0.2) is 25.2 Å². The lowest BCUT2D eigenvalue weighted by Gasteiger charge is -2.09. The van der Waals surface area contributed by atoms with Crippen molar-refractivity contribution in [3.63, 3.8) is 0 Å². The Balaban J connectivity index is -0.000000720. The molecule has 0 saturated heterocycles. The minimum atomic E-state index is -0.522. The predicted molar refractivity (Wildman–Crippen MR) is 66.5 cm³/mol. The lowest BCUT2D eigenvalue weighted by atomic mass is 10.1. The van der Waals surface area contributed by atoms with Gasteiger partial charge >= 0.3 is 5.97 Å². The van der Waals surface area contributed by atoms with E-state index >= 15 is 0 Å². The Morgan fingerprint density at radius 3 is 2.47 bits per heavy atom. The Kier molecular flexibility index (Phi) is 18.4. The summed E-state index contributed by atoms with van der Waals surface area (Å²) in [5, 5.41) is 0. The number of ether oxygens (including phenoxy) is 1. The van der Waals surface area contributed by atoms with E-state index < -0.39 is 6.04 Å². The Bertz CT molecular complexity index is 168. The van der Waals surface area contributed by atoms with Crippen LogP contribution in [-0.2, 0) is 9.53 Å². The minimum absolute atomic E-state index is 0. The van der Waals surface area contributed by atoms with Gasteiger partial charge in [0.1, 0.15) is 12.6 Å². The van der Waals surface area contributed by atoms with Gasteiger partial charge in [-0.05, 0) is 19.4 Å². The van der Waals surface area contributed by atoms with E-state index in [2.05, 4.69) is 6.58 Å². The molecule has 0 aliphatic rings. The molecule has 0 bridgehead atoms. The van der Waals surface area contributed by atoms with Crippen molar-refractivity contribution in [2.24, 2.45) is 11.5 Å². The molecule has 6 heteroatoms. The molecule has 0 saturated carbocycles. The summed E-state index contributed by atoms with van der Waals surface area (Å²) in [7, 11) is 0. The first kappa shape index (κ1) is 20.2. The van der Waals surface area contributed by atoms with Crippen molar-refractivity contribution in [1.82, 2.24) is 0 Å². The van der Waals surface area contributed by atoms with Crippen LogP contribution in [0.15, 0.2) is 12.7 Å². The van der Waals surface area contributed by atoms with Gasteiger partial charge in [0.15, 0.2) is 0 Å². The highest BCUT2D eigenvalue weighted by Gasteiger charge is 2.13. The van der Waals surface area contributed by atoms with Crippen LogP contribution in [0, 0.1) is 0 Å². The third-order valence-electron chi connectivity index (χ3n) is 1.62. The van der Waals surface area contributed by atoms with Crippen LogP contribution in [0.5, 0.6) is 0 Å². The lowest BCUT2D eigenvalue weighted by molar-refractivity contribution is -0.144. The Hall–Kier alpha value is -0.290. The first-order valence-electron chi connectivity index (χ1n) is 4.45. The second kappa shape index (κ2) is 13.7. The molecular weight excluding hydrogens is 239 g/mol. The summed E-state index contributed by atoms with van der Waals surface area (Å²) < 4.78 is 4.77. The molecule has 0 radical (unpaired) electrons. The van der Waals surface area contributed by atoms with Crippen molar-refractivity contribution in [3.05, 3.63) is 12.7 Å². The minimum Gasteiger partial charge on any atom is -0.460 e. The predicted octanol–water partition coefficient (Wildman–Crippen LogP) is 1.02. The van der Waals surface area contributed by atoms with E-state index in [1.807, 2.05) is 0 Å². The summed E-state index contributed by atoms with van der Waals surface area (Å²) >= 11 is 0. The van der Waals surface area contributed by atoms with Crippen molar-refractivity contribution >= 4 is 30.8 Å². The zero-order valence-electron chi connectivity index (χ0n) is 8.69. The first-order chi connectivity index (χ1) is 6.22. The third kappa shape index (κ3) is 11.6. The van der Waals surface area contributed by atoms with Gasteiger partial charge in [-0.25, -0.2) is 0 Å². The molecule has 0 aliphatic heterocycles. The van der Waals surface area contributed by atoms with Gasteiger partial charge in [0.25, 0.3) is 0 Å². The summed E-state index contributed by atoms with van der Waals surface area (Å²) in [6, 6.07) is -0.522. The Morgan fingerprint density at radius 2 is 2.00 bits per heavy atom. The molecule has 4 N–H and O–H groups in total. The number of carbonyl (C=O) groups excluding carboxylic acids is 1. The molecule has 4 nitrogen and oxygen atoms in total. The maximum absolute atomic E-state index is 11.1. The van der Waals surface area contributed by atoms with Gasteiger partial charge in [0.05, 0.1) is 0 Å². The maximum Gasteiger partial charge on any atom is 0.323 e. The highest BCUT2D eigenvalue weighted by Crippen LogP contribution is 1.99. The zero-order valence-corrected chi connectivity index (χ0v) is 10.3. The van der Waals surface area contributed by atoms with E-state index in [4.69, 9.17) is 16.2 Å². The Morgan fingerprint density at radius 1 is 1.40 bits per heavy atom. The van der Waals surface area contributed by atoms with Crippen molar-refractivity contribution in [2.75, 3.05) is 13.2 Å². The fourth-order valence-electron chi connectivity index (χ4n) is 0.875. The van der Waals surface area contributed by atoms with Gasteiger partial charge in [-0.1, -0.05) is 19.1 Å². The molecule has 0 aromatic heterocycles. The number of hydrogen-bond donors (Lipinski definition) is 2. The highest BCUT2D eigenvalue weighted by molar-refractivity contribution is 5.85. The summed E-state index contributed by atoms with van der Waals surface area (Å²) in [5.74, 6) is -0.364. The highest BCUT2D eigenvalue weighted by atomic mass is 35.5. The monoisotopic (exact) mass is 258 g/mol. The Labute approximate surface area is 103 Å². The van der Waals surface area contributed by atoms with Gasteiger partial charge in [0.2, 0.25) is 0 Å². The second-order valence-corrected chi connectivity index (χ2v) is 2.81. The average molecular weight is 259 g/mol. The maximum atomic E-state index is 11.1. The molecule has 1 atom stereocenters. The summed E-state index contributed by atoms with van der Waals surface area (Å²) in [5.41, 5.74) is 10.8. The topological polar surface area (TPSA) is 78.3 Å². The van der Waals surface area contributed by atoms with Gasteiger partial charge in [0, 0.05) is 0 Å². The molecule has 0 heterocycles. The van der Waals surface area contributed by atoms with E-state index in [1.54, 1.807) is 0 Å². The molecular formula is C9H20Cl2N2O2. The number of esters is 1. The van der Waals surface area contributed by atoms with Crippen LogP contribution in [0.1, 0.15) is 19.3 Å². The van der Waals surface area contributed by atoms with Crippen LogP contribution in [0.3, 0.4) is 0 Å². The fourth-order valence-corrected chi connectivity index (χ4v) is 0.875.